The van der Waals surface area contributed by atoms with E-state index in [4.69, 9.17) is 20.0 Å². The molecule has 2 heterocycles. The highest BCUT2D eigenvalue weighted by Crippen LogP contribution is 2.40. The van der Waals surface area contributed by atoms with Gasteiger partial charge >= 0.3 is 0 Å². The molecule has 4 heteroatoms. The van der Waals surface area contributed by atoms with Crippen molar-refractivity contribution in [3.63, 3.8) is 0 Å². The van der Waals surface area contributed by atoms with E-state index in [2.05, 4.69) is 30.3 Å². The molecule has 3 N–H and O–H groups in total. The second kappa shape index (κ2) is 8.25. The lowest BCUT2D eigenvalue weighted by Gasteiger charge is -2.04. The Labute approximate surface area is 212 Å². The van der Waals surface area contributed by atoms with E-state index in [0.717, 1.165) is 60.6 Å². The highest BCUT2D eigenvalue weighted by molar-refractivity contribution is 6.22. The molecular weight excluding hydrogens is 456 g/mol. The zero-order chi connectivity index (χ0) is 24.9. The number of hydrogen-bond donors (Lipinski definition) is 2. The summed E-state index contributed by atoms with van der Waals surface area (Å²) >= 11 is 0. The summed E-state index contributed by atoms with van der Waals surface area (Å²) < 4.78 is 12.6. The van der Waals surface area contributed by atoms with Gasteiger partial charge in [0.2, 0.25) is 0 Å². The number of fused-ring (bicyclic) bond motifs is 7. The van der Waals surface area contributed by atoms with E-state index in [1.165, 1.54) is 5.56 Å². The Hall–Kier alpha value is -5.09. The van der Waals surface area contributed by atoms with Gasteiger partial charge in [0.1, 0.15) is 22.3 Å². The molecule has 0 bridgehead atoms. The molecule has 176 valence electrons. The monoisotopic (exact) mass is 478 g/mol. The summed E-state index contributed by atoms with van der Waals surface area (Å²) in [5.74, 6) is 0. The first-order valence-corrected chi connectivity index (χ1v) is 12.1. The number of rotatable bonds is 4. The van der Waals surface area contributed by atoms with Gasteiger partial charge in [0.05, 0.1) is 11.1 Å². The third kappa shape index (κ3) is 3.50. The summed E-state index contributed by atoms with van der Waals surface area (Å²) in [6.07, 6.45) is 1.70. The fourth-order valence-corrected chi connectivity index (χ4v) is 5.02. The number of allylic oxidation sites excluding steroid dienone is 1. The summed E-state index contributed by atoms with van der Waals surface area (Å²) in [5.41, 5.74) is 14.5. The van der Waals surface area contributed by atoms with Crippen molar-refractivity contribution in [2.24, 2.45) is 5.73 Å². The van der Waals surface area contributed by atoms with Crippen LogP contribution >= 0.6 is 0 Å². The highest BCUT2D eigenvalue weighted by Gasteiger charge is 2.17. The minimum Gasteiger partial charge on any atom is -0.456 e. The van der Waals surface area contributed by atoms with E-state index < -0.39 is 0 Å². The van der Waals surface area contributed by atoms with E-state index in [9.17, 15) is 0 Å². The van der Waals surface area contributed by atoms with Gasteiger partial charge in [0.25, 0.3) is 0 Å². The lowest BCUT2D eigenvalue weighted by atomic mass is 10.0. The van der Waals surface area contributed by atoms with Crippen molar-refractivity contribution in [1.29, 1.82) is 5.41 Å². The van der Waals surface area contributed by atoms with Gasteiger partial charge < -0.3 is 20.0 Å². The number of benzene rings is 5. The van der Waals surface area contributed by atoms with Crippen molar-refractivity contribution in [3.05, 3.63) is 126 Å². The summed E-state index contributed by atoms with van der Waals surface area (Å²) in [5, 5.41) is 12.4. The first kappa shape index (κ1) is 21.2. The molecular formula is C33H22N2O2. The average Bonchev–Trinajstić information content (AvgIpc) is 3.51. The SMILES string of the molecule is N=C(/C=C(\N)c1ccc2oc3ccc4c5cc(-c6ccccc6)ccc5oc4c3c2c1)c1ccccc1. The summed E-state index contributed by atoms with van der Waals surface area (Å²) in [6, 6.07) is 36.2. The highest BCUT2D eigenvalue weighted by atomic mass is 16.3. The molecule has 0 atom stereocenters. The number of hydrogen-bond acceptors (Lipinski definition) is 4. The third-order valence-corrected chi connectivity index (χ3v) is 6.90. The Balaban J connectivity index is 1.39. The molecule has 7 rings (SSSR count). The van der Waals surface area contributed by atoms with Crippen molar-refractivity contribution < 1.29 is 8.83 Å². The minimum absolute atomic E-state index is 0.365. The van der Waals surface area contributed by atoms with Crippen LogP contribution in [0.5, 0.6) is 0 Å². The topological polar surface area (TPSA) is 76.2 Å². The molecule has 0 aliphatic carbocycles. The normalized spacial score (nSPS) is 12.2. The lowest BCUT2D eigenvalue weighted by Crippen LogP contribution is -2.02. The lowest BCUT2D eigenvalue weighted by molar-refractivity contribution is 0.663. The summed E-state index contributed by atoms with van der Waals surface area (Å²) in [4.78, 5) is 0. The molecule has 0 aliphatic rings. The molecule has 0 fully saturated rings. The second-order valence-corrected chi connectivity index (χ2v) is 9.19. The van der Waals surface area contributed by atoms with Crippen LogP contribution in [0.25, 0.3) is 60.7 Å². The van der Waals surface area contributed by atoms with Gasteiger partial charge in [0, 0.05) is 21.9 Å². The van der Waals surface area contributed by atoms with Crippen molar-refractivity contribution >= 4 is 55.3 Å². The average molecular weight is 479 g/mol. The van der Waals surface area contributed by atoms with Crippen molar-refractivity contribution in [3.8, 4) is 11.1 Å². The maximum Gasteiger partial charge on any atom is 0.147 e. The Morgan fingerprint density at radius 2 is 1.30 bits per heavy atom. The van der Waals surface area contributed by atoms with Crippen LogP contribution in [0.4, 0.5) is 0 Å². The third-order valence-electron chi connectivity index (χ3n) is 6.90. The molecule has 0 saturated carbocycles. The summed E-state index contributed by atoms with van der Waals surface area (Å²) in [7, 11) is 0. The molecule has 7 aromatic rings. The van der Waals surface area contributed by atoms with Gasteiger partial charge in [-0.05, 0) is 70.8 Å². The van der Waals surface area contributed by atoms with Crippen LogP contribution in [0.2, 0.25) is 0 Å². The molecule has 0 saturated heterocycles. The maximum absolute atomic E-state index is 8.43. The van der Waals surface area contributed by atoms with Crippen LogP contribution < -0.4 is 5.73 Å². The fourth-order valence-electron chi connectivity index (χ4n) is 5.02. The molecule has 0 unspecified atom stereocenters. The molecule has 0 aliphatic heterocycles. The zero-order valence-electron chi connectivity index (χ0n) is 19.9. The molecule has 37 heavy (non-hydrogen) atoms. The smallest absolute Gasteiger partial charge is 0.147 e. The largest absolute Gasteiger partial charge is 0.456 e. The van der Waals surface area contributed by atoms with Crippen LogP contribution in [0.1, 0.15) is 11.1 Å². The van der Waals surface area contributed by atoms with Crippen LogP contribution in [0.3, 0.4) is 0 Å². The van der Waals surface area contributed by atoms with Crippen molar-refractivity contribution in [2.45, 2.75) is 0 Å². The van der Waals surface area contributed by atoms with E-state index in [-0.39, 0.29) is 0 Å². The van der Waals surface area contributed by atoms with Crippen LogP contribution in [0, 0.1) is 5.41 Å². The first-order chi connectivity index (χ1) is 18.2. The molecule has 4 nitrogen and oxygen atoms in total. The quantitative estimate of drug-likeness (QED) is 0.249. The van der Waals surface area contributed by atoms with E-state index >= 15 is 0 Å². The van der Waals surface area contributed by atoms with Crippen LogP contribution in [0.15, 0.2) is 124 Å². The Morgan fingerprint density at radius 1 is 0.595 bits per heavy atom. The number of furan rings is 2. The van der Waals surface area contributed by atoms with Gasteiger partial charge in [-0.3, -0.25) is 0 Å². The van der Waals surface area contributed by atoms with Gasteiger partial charge in [-0.2, -0.15) is 0 Å². The molecule has 5 aromatic carbocycles. The number of nitrogens with two attached hydrogens (primary N) is 1. The Kier molecular flexibility index (Phi) is 4.73. The Bertz CT molecular complexity index is 1990. The van der Waals surface area contributed by atoms with Crippen molar-refractivity contribution in [1.82, 2.24) is 0 Å². The van der Waals surface area contributed by atoms with Gasteiger partial charge in [-0.15, -0.1) is 0 Å². The van der Waals surface area contributed by atoms with Crippen LogP contribution in [-0.2, 0) is 0 Å². The predicted molar refractivity (Wildman–Crippen MR) is 152 cm³/mol. The molecule has 0 amide bonds. The van der Waals surface area contributed by atoms with E-state index in [1.807, 2.05) is 78.9 Å². The first-order valence-electron chi connectivity index (χ1n) is 12.1. The molecule has 2 aromatic heterocycles. The minimum atomic E-state index is 0.365. The predicted octanol–water partition coefficient (Wildman–Crippen LogP) is 8.52. The van der Waals surface area contributed by atoms with Crippen LogP contribution in [-0.4, -0.2) is 5.71 Å². The standard InChI is InChI=1S/C33H22N2O2/c34-27(21-9-5-2-6-10-21)19-28(35)23-12-15-30-26(18-23)32-31(36-30)16-13-24-25-17-22(20-7-3-1-4-8-20)11-14-29(25)37-33(24)32/h1-19,34H,35H2/b28-19-,34-27?. The van der Waals surface area contributed by atoms with Gasteiger partial charge in [-0.25, -0.2) is 0 Å². The van der Waals surface area contributed by atoms with Crippen molar-refractivity contribution in [2.75, 3.05) is 0 Å². The molecule has 0 spiro atoms. The van der Waals surface area contributed by atoms with Gasteiger partial charge in [0.15, 0.2) is 0 Å². The molecule has 0 radical (unpaired) electrons. The Morgan fingerprint density at radius 3 is 2.11 bits per heavy atom. The second-order valence-electron chi connectivity index (χ2n) is 9.19. The van der Waals surface area contributed by atoms with E-state index in [1.54, 1.807) is 6.08 Å². The zero-order valence-corrected chi connectivity index (χ0v) is 19.9. The maximum atomic E-state index is 8.43. The fraction of sp³-hybridized carbons (Fsp3) is 0. The summed E-state index contributed by atoms with van der Waals surface area (Å²) in [6.45, 7) is 0. The van der Waals surface area contributed by atoms with E-state index in [0.29, 0.717) is 11.4 Å². The van der Waals surface area contributed by atoms with Gasteiger partial charge in [-0.1, -0.05) is 66.7 Å². The number of nitrogens with one attached hydrogen (secondary N) is 1.